The van der Waals surface area contributed by atoms with E-state index < -0.39 is 12.2 Å². The summed E-state index contributed by atoms with van der Waals surface area (Å²) in [5, 5.41) is 23.9. The second-order valence-corrected chi connectivity index (χ2v) is 9.06. The highest BCUT2D eigenvalue weighted by molar-refractivity contribution is 9.10. The van der Waals surface area contributed by atoms with E-state index in [2.05, 4.69) is 45.3 Å². The maximum absolute atomic E-state index is 10.7. The molecule has 28 heavy (non-hydrogen) atoms. The Morgan fingerprint density at radius 3 is 2.79 bits per heavy atom. The Labute approximate surface area is 181 Å². The summed E-state index contributed by atoms with van der Waals surface area (Å²) < 4.78 is 3.24. The highest BCUT2D eigenvalue weighted by atomic mass is 79.9. The molecule has 0 amide bonds. The van der Waals surface area contributed by atoms with Crippen LogP contribution in [-0.2, 0) is 11.3 Å². The summed E-state index contributed by atoms with van der Waals surface area (Å²) in [7, 11) is 0. The van der Waals surface area contributed by atoms with E-state index >= 15 is 0 Å². The molecule has 9 heteroatoms. The average Bonchev–Trinajstić information content (AvgIpc) is 3.11. The van der Waals surface area contributed by atoms with Gasteiger partial charge in [-0.05, 0) is 40.9 Å². The number of aliphatic carboxylic acids is 1. The minimum atomic E-state index is -0.874. The normalized spacial score (nSPS) is 18.2. The van der Waals surface area contributed by atoms with Crippen molar-refractivity contribution in [1.29, 1.82) is 0 Å². The summed E-state index contributed by atoms with van der Waals surface area (Å²) >= 11 is 10.2. The molecule has 6 nitrogen and oxygen atoms in total. The molecule has 1 aromatic carbocycles. The Bertz CT molecular complexity index is 912. The van der Waals surface area contributed by atoms with Crippen molar-refractivity contribution >= 4 is 56.3 Å². The largest absolute Gasteiger partial charge is 0.481 e. The number of nitrogens with zero attached hydrogens (tertiary/aromatic N) is 3. The number of carboxylic acids is 1. The first kappa shape index (κ1) is 21.0. The van der Waals surface area contributed by atoms with Crippen LogP contribution in [0.5, 0.6) is 0 Å². The van der Waals surface area contributed by atoms with E-state index in [0.29, 0.717) is 28.7 Å². The molecule has 2 aromatic rings. The predicted octanol–water partition coefficient (Wildman–Crippen LogP) is 3.86. The van der Waals surface area contributed by atoms with Crippen molar-refractivity contribution in [1.82, 2.24) is 14.7 Å². The number of aliphatic hydroxyl groups is 1. The van der Waals surface area contributed by atoms with Crippen LogP contribution < -0.4 is 0 Å². The zero-order valence-corrected chi connectivity index (χ0v) is 18.4. The maximum atomic E-state index is 10.7. The van der Waals surface area contributed by atoms with Gasteiger partial charge in [0.25, 0.3) is 0 Å². The summed E-state index contributed by atoms with van der Waals surface area (Å²) in [5.74, 6) is -0.855. The topological polar surface area (TPSA) is 78.6 Å². The first-order chi connectivity index (χ1) is 13.3. The number of carbonyl (C=O) groups is 1. The molecule has 1 unspecified atom stereocenters. The Morgan fingerprint density at radius 2 is 2.11 bits per heavy atom. The molecule has 1 aromatic heterocycles. The maximum Gasteiger partial charge on any atom is 0.303 e. The van der Waals surface area contributed by atoms with Crippen LogP contribution in [0, 0.1) is 6.92 Å². The highest BCUT2D eigenvalue weighted by Crippen LogP contribution is 2.36. The molecule has 2 heterocycles. The standard InChI is InChI=1S/C19H20BrN3O3S2/c1-12-4-6-13(7-5-12)11-23-15(14(20)10-21-23)9-16-18(26)22(19(27)28-16)8-2-3-17(24)25/h4-7,9-10,18,26H,2-3,8,11H2,1H3,(H,24,25)/b16-9+. The van der Waals surface area contributed by atoms with Crippen LogP contribution in [-0.4, -0.2) is 48.0 Å². The van der Waals surface area contributed by atoms with Crippen LogP contribution in [0.2, 0.25) is 0 Å². The van der Waals surface area contributed by atoms with Crippen molar-refractivity contribution in [2.24, 2.45) is 0 Å². The molecular weight excluding hydrogens is 462 g/mol. The third kappa shape index (κ3) is 5.02. The molecule has 1 aliphatic heterocycles. The Hall–Kier alpha value is -1.68. The van der Waals surface area contributed by atoms with Crippen LogP contribution in [0.15, 0.2) is 39.8 Å². The lowest BCUT2D eigenvalue weighted by atomic mass is 10.1. The number of aryl methyl sites for hydroxylation is 1. The molecule has 148 valence electrons. The first-order valence-corrected chi connectivity index (χ1v) is 10.7. The van der Waals surface area contributed by atoms with Gasteiger partial charge in [0.2, 0.25) is 0 Å². The number of carboxylic acid groups (broad SMARTS) is 1. The first-order valence-electron chi connectivity index (χ1n) is 8.72. The Kier molecular flexibility index (Phi) is 6.92. The third-order valence-electron chi connectivity index (χ3n) is 4.34. The Morgan fingerprint density at radius 1 is 1.39 bits per heavy atom. The molecule has 0 aliphatic carbocycles. The molecule has 1 atom stereocenters. The van der Waals surface area contributed by atoms with Crippen LogP contribution >= 0.6 is 39.9 Å². The van der Waals surface area contributed by atoms with Gasteiger partial charge in [-0.2, -0.15) is 5.10 Å². The van der Waals surface area contributed by atoms with Gasteiger partial charge >= 0.3 is 5.97 Å². The number of hydrogen-bond acceptors (Lipinski definition) is 5. The van der Waals surface area contributed by atoms with Crippen molar-refractivity contribution in [2.75, 3.05) is 6.54 Å². The third-order valence-corrected chi connectivity index (χ3v) is 6.41. The van der Waals surface area contributed by atoms with Gasteiger partial charge < -0.3 is 15.1 Å². The summed E-state index contributed by atoms with van der Waals surface area (Å²) in [6.07, 6.45) is 3.21. The smallest absolute Gasteiger partial charge is 0.303 e. The van der Waals surface area contributed by atoms with Gasteiger partial charge in [-0.3, -0.25) is 9.48 Å². The SMILES string of the molecule is Cc1ccc(Cn2ncc(Br)c2/C=C2/SC(=S)N(CCCC(=O)O)C2O)cc1. The van der Waals surface area contributed by atoms with Crippen LogP contribution in [0.25, 0.3) is 6.08 Å². The Balaban J connectivity index is 1.77. The molecule has 1 saturated heterocycles. The van der Waals surface area contributed by atoms with E-state index in [4.69, 9.17) is 17.3 Å². The summed E-state index contributed by atoms with van der Waals surface area (Å²) in [6, 6.07) is 8.27. The number of benzene rings is 1. The molecule has 0 spiro atoms. The molecule has 3 rings (SSSR count). The van der Waals surface area contributed by atoms with Gasteiger partial charge in [-0.1, -0.05) is 53.8 Å². The minimum absolute atomic E-state index is 0.0460. The van der Waals surface area contributed by atoms with Crippen molar-refractivity contribution in [2.45, 2.75) is 32.5 Å². The summed E-state index contributed by atoms with van der Waals surface area (Å²) in [5.41, 5.74) is 3.18. The quantitative estimate of drug-likeness (QED) is 0.581. The summed E-state index contributed by atoms with van der Waals surface area (Å²) in [6.45, 7) is 3.06. The number of thiocarbonyl (C=S) groups is 1. The monoisotopic (exact) mass is 481 g/mol. The fourth-order valence-electron chi connectivity index (χ4n) is 2.83. The van der Waals surface area contributed by atoms with Crippen LogP contribution in [0.4, 0.5) is 0 Å². The highest BCUT2D eigenvalue weighted by Gasteiger charge is 2.32. The number of aliphatic hydroxyl groups excluding tert-OH is 1. The van der Waals surface area contributed by atoms with E-state index in [0.717, 1.165) is 15.7 Å². The van der Waals surface area contributed by atoms with E-state index in [1.165, 1.54) is 17.3 Å². The minimum Gasteiger partial charge on any atom is -0.481 e. The molecule has 1 fully saturated rings. The molecule has 2 N–H and O–H groups in total. The van der Waals surface area contributed by atoms with Crippen molar-refractivity contribution < 1.29 is 15.0 Å². The van der Waals surface area contributed by atoms with Gasteiger partial charge in [0.05, 0.1) is 22.9 Å². The van der Waals surface area contributed by atoms with Gasteiger partial charge in [0, 0.05) is 17.9 Å². The van der Waals surface area contributed by atoms with Crippen molar-refractivity contribution in [3.63, 3.8) is 0 Å². The van der Waals surface area contributed by atoms with Crippen molar-refractivity contribution in [3.8, 4) is 0 Å². The van der Waals surface area contributed by atoms with E-state index in [1.807, 2.05) is 17.7 Å². The zero-order valence-electron chi connectivity index (χ0n) is 15.2. The van der Waals surface area contributed by atoms with Crippen molar-refractivity contribution in [3.05, 3.63) is 56.7 Å². The number of thioether (sulfide) groups is 1. The molecule has 0 radical (unpaired) electrons. The molecular formula is C19H20BrN3O3S2. The predicted molar refractivity (Wildman–Crippen MR) is 118 cm³/mol. The lowest BCUT2D eigenvalue weighted by Gasteiger charge is -2.20. The number of rotatable bonds is 7. The second-order valence-electron chi connectivity index (χ2n) is 6.50. The molecule has 1 aliphatic rings. The number of hydrogen-bond donors (Lipinski definition) is 2. The summed E-state index contributed by atoms with van der Waals surface area (Å²) in [4.78, 5) is 13.1. The second kappa shape index (κ2) is 9.21. The molecule has 0 saturated carbocycles. The van der Waals surface area contributed by atoms with E-state index in [-0.39, 0.29) is 6.42 Å². The van der Waals surface area contributed by atoms with Crippen LogP contribution in [0.3, 0.4) is 0 Å². The lowest BCUT2D eigenvalue weighted by Crippen LogP contribution is -2.33. The average molecular weight is 482 g/mol. The van der Waals surface area contributed by atoms with Gasteiger partial charge in [-0.15, -0.1) is 0 Å². The lowest BCUT2D eigenvalue weighted by molar-refractivity contribution is -0.137. The fourth-order valence-corrected chi connectivity index (χ4v) is 4.63. The number of aromatic nitrogens is 2. The fraction of sp³-hybridized carbons (Fsp3) is 0.316. The van der Waals surface area contributed by atoms with Gasteiger partial charge in [0.15, 0.2) is 6.23 Å². The van der Waals surface area contributed by atoms with E-state index in [1.54, 1.807) is 11.1 Å². The van der Waals surface area contributed by atoms with Crippen LogP contribution in [0.1, 0.15) is 29.7 Å². The molecule has 0 bridgehead atoms. The van der Waals surface area contributed by atoms with Gasteiger partial charge in [-0.25, -0.2) is 0 Å². The number of halogens is 1. The zero-order chi connectivity index (χ0) is 20.3. The van der Waals surface area contributed by atoms with Gasteiger partial charge in [0.1, 0.15) is 4.32 Å². The van der Waals surface area contributed by atoms with E-state index in [9.17, 15) is 9.90 Å².